The average molecular weight is 440 g/mol. The molecule has 0 bridgehead atoms. The lowest BCUT2D eigenvalue weighted by Crippen LogP contribution is -2.47. The Morgan fingerprint density at radius 3 is 2.03 bits per heavy atom. The van der Waals surface area contributed by atoms with Gasteiger partial charge in [0, 0.05) is 36.1 Å². The number of amides is 1. The van der Waals surface area contributed by atoms with Gasteiger partial charge in [-0.25, -0.2) is 0 Å². The molecule has 3 rings (SSSR count). The summed E-state index contributed by atoms with van der Waals surface area (Å²) in [4.78, 5) is 40.2. The summed E-state index contributed by atoms with van der Waals surface area (Å²) in [5, 5.41) is 0. The van der Waals surface area contributed by atoms with Crippen molar-refractivity contribution in [1.29, 1.82) is 0 Å². The van der Waals surface area contributed by atoms with E-state index in [1.165, 1.54) is 20.6 Å². The summed E-state index contributed by atoms with van der Waals surface area (Å²) in [6.45, 7) is 5.91. The molecule has 2 aliphatic rings. The fourth-order valence-corrected chi connectivity index (χ4v) is 4.73. The molecule has 1 aliphatic heterocycles. The third kappa shape index (κ3) is 4.79. The van der Waals surface area contributed by atoms with Gasteiger partial charge in [-0.15, -0.1) is 0 Å². The number of carbonyl (C=O) groups excluding carboxylic acids is 3. The Balaban J connectivity index is 1.65. The van der Waals surface area contributed by atoms with Gasteiger partial charge in [0.25, 0.3) is 0 Å². The average Bonchev–Trinajstić information content (AvgIpc) is 2.78. The summed E-state index contributed by atoms with van der Waals surface area (Å²) in [5.41, 5.74) is 2.80. The van der Waals surface area contributed by atoms with Crippen LogP contribution in [0.5, 0.6) is 0 Å². The second-order valence-electron chi connectivity index (χ2n) is 8.75. The lowest BCUT2D eigenvalue weighted by molar-refractivity contribution is -0.137. The van der Waals surface area contributed by atoms with Gasteiger partial charge in [0.1, 0.15) is 0 Å². The van der Waals surface area contributed by atoms with E-state index in [4.69, 9.17) is 9.47 Å². The normalized spacial score (nSPS) is 21.8. The molecule has 2 unspecified atom stereocenters. The lowest BCUT2D eigenvalue weighted by atomic mass is 9.88. The second-order valence-corrected chi connectivity index (χ2v) is 8.75. The number of hydrogen-bond donors (Lipinski definition) is 0. The third-order valence-corrected chi connectivity index (χ3v) is 6.61. The van der Waals surface area contributed by atoms with Crippen LogP contribution in [0.25, 0.3) is 0 Å². The summed E-state index contributed by atoms with van der Waals surface area (Å²) in [6, 6.07) is 8.50. The summed E-state index contributed by atoms with van der Waals surface area (Å²) < 4.78 is 10.2. The lowest BCUT2D eigenvalue weighted by Gasteiger charge is -2.39. The topological polar surface area (TPSA) is 72.9 Å². The molecule has 1 saturated heterocycles. The van der Waals surface area contributed by atoms with E-state index >= 15 is 0 Å². The highest BCUT2D eigenvalue weighted by atomic mass is 16.5. The van der Waals surface area contributed by atoms with E-state index in [2.05, 4.69) is 13.8 Å². The van der Waals surface area contributed by atoms with Gasteiger partial charge in [-0.3, -0.25) is 14.4 Å². The van der Waals surface area contributed by atoms with E-state index < -0.39 is 0 Å². The van der Waals surface area contributed by atoms with Gasteiger partial charge in [0.15, 0.2) is 0 Å². The SMILES string of the molecule is COC1=C(OC)C(=O)C(Cc2ccc(CCC(=O)N3C(C)CCCC3C)cc2)=C(C)C1=O. The number of ether oxygens (including phenoxy) is 2. The number of methoxy groups -OCH3 is 2. The van der Waals surface area contributed by atoms with Crippen molar-refractivity contribution in [2.45, 2.75) is 71.4 Å². The molecular weight excluding hydrogens is 406 g/mol. The van der Waals surface area contributed by atoms with Crippen molar-refractivity contribution in [1.82, 2.24) is 4.90 Å². The quantitative estimate of drug-likeness (QED) is 0.602. The zero-order valence-electron chi connectivity index (χ0n) is 19.7. The molecule has 1 aliphatic carbocycles. The number of carbonyl (C=O) groups is 3. The molecule has 1 heterocycles. The minimum Gasteiger partial charge on any atom is -0.489 e. The molecule has 0 aromatic heterocycles. The van der Waals surface area contributed by atoms with Crippen molar-refractivity contribution in [3.63, 3.8) is 0 Å². The first kappa shape index (κ1) is 23.8. The maximum absolute atomic E-state index is 12.8. The molecule has 1 aromatic rings. The van der Waals surface area contributed by atoms with Crippen molar-refractivity contribution >= 4 is 17.5 Å². The number of ketones is 2. The van der Waals surface area contributed by atoms with Crippen LogP contribution in [0, 0.1) is 0 Å². The second kappa shape index (κ2) is 10.2. The highest BCUT2D eigenvalue weighted by Crippen LogP contribution is 2.28. The Hall–Kier alpha value is -2.89. The Labute approximate surface area is 190 Å². The highest BCUT2D eigenvalue weighted by Gasteiger charge is 2.34. The molecule has 0 N–H and O–H groups in total. The van der Waals surface area contributed by atoms with E-state index in [1.54, 1.807) is 6.92 Å². The minimum absolute atomic E-state index is 0.0453. The maximum Gasteiger partial charge on any atom is 0.228 e. The summed E-state index contributed by atoms with van der Waals surface area (Å²) in [6.07, 6.45) is 4.85. The number of allylic oxidation sites excluding steroid dienone is 2. The van der Waals surface area contributed by atoms with Crippen molar-refractivity contribution in [3.8, 4) is 0 Å². The minimum atomic E-state index is -0.324. The number of Topliss-reactive ketones (excluding diaryl/α,β-unsaturated/α-hetero) is 2. The molecule has 0 radical (unpaired) electrons. The van der Waals surface area contributed by atoms with Crippen LogP contribution >= 0.6 is 0 Å². The van der Waals surface area contributed by atoms with Crippen LogP contribution in [0.4, 0.5) is 0 Å². The summed E-state index contributed by atoms with van der Waals surface area (Å²) in [7, 11) is 2.72. The molecule has 172 valence electrons. The van der Waals surface area contributed by atoms with Gasteiger partial charge in [-0.05, 0) is 57.6 Å². The molecule has 32 heavy (non-hydrogen) atoms. The van der Waals surface area contributed by atoms with Crippen molar-refractivity contribution in [2.24, 2.45) is 0 Å². The predicted molar refractivity (Wildman–Crippen MR) is 122 cm³/mol. The van der Waals surface area contributed by atoms with Gasteiger partial charge in [-0.1, -0.05) is 24.3 Å². The van der Waals surface area contributed by atoms with Crippen LogP contribution < -0.4 is 0 Å². The number of aryl methyl sites for hydroxylation is 1. The first-order valence-corrected chi connectivity index (χ1v) is 11.3. The van der Waals surface area contributed by atoms with Gasteiger partial charge in [0.2, 0.25) is 29.0 Å². The Bertz CT molecular complexity index is 947. The Kier molecular flexibility index (Phi) is 7.54. The van der Waals surface area contributed by atoms with Gasteiger partial charge < -0.3 is 14.4 Å². The van der Waals surface area contributed by atoms with Crippen LogP contribution in [0.3, 0.4) is 0 Å². The van der Waals surface area contributed by atoms with Crippen molar-refractivity contribution in [3.05, 3.63) is 58.1 Å². The molecule has 2 atom stereocenters. The fraction of sp³-hybridized carbons (Fsp3) is 0.500. The standard InChI is InChI=1S/C26H33NO5/c1-16-7-6-8-17(2)27(16)22(28)14-13-19-9-11-20(12-10-19)15-21-18(3)23(29)25(31-4)26(32-5)24(21)30/h9-12,16-17H,6-8,13-15H2,1-5H3. The largest absolute Gasteiger partial charge is 0.489 e. The van der Waals surface area contributed by atoms with Crippen LogP contribution in [0.1, 0.15) is 57.6 Å². The zero-order valence-corrected chi connectivity index (χ0v) is 19.7. The van der Waals surface area contributed by atoms with Crippen LogP contribution in [-0.4, -0.2) is 48.7 Å². The zero-order chi connectivity index (χ0) is 23.4. The fourth-order valence-electron chi connectivity index (χ4n) is 4.73. The number of hydrogen-bond acceptors (Lipinski definition) is 5. The number of nitrogens with zero attached hydrogens (tertiary/aromatic N) is 1. The van der Waals surface area contributed by atoms with Gasteiger partial charge >= 0.3 is 0 Å². The van der Waals surface area contributed by atoms with E-state index in [0.29, 0.717) is 42.5 Å². The van der Waals surface area contributed by atoms with Gasteiger partial charge in [-0.2, -0.15) is 0 Å². The summed E-state index contributed by atoms with van der Waals surface area (Å²) in [5.74, 6) is -0.518. The Morgan fingerprint density at radius 2 is 1.47 bits per heavy atom. The molecule has 1 fully saturated rings. The van der Waals surface area contributed by atoms with E-state index in [0.717, 1.165) is 24.0 Å². The molecular formula is C26H33NO5. The van der Waals surface area contributed by atoms with Crippen molar-refractivity contribution < 1.29 is 23.9 Å². The van der Waals surface area contributed by atoms with Crippen LogP contribution in [-0.2, 0) is 36.7 Å². The number of likely N-dealkylation sites (tertiary alicyclic amines) is 1. The first-order chi connectivity index (χ1) is 15.3. The number of benzene rings is 1. The third-order valence-electron chi connectivity index (χ3n) is 6.61. The van der Waals surface area contributed by atoms with Crippen LogP contribution in [0.15, 0.2) is 46.9 Å². The highest BCUT2D eigenvalue weighted by molar-refractivity contribution is 6.23. The molecule has 6 heteroatoms. The van der Waals surface area contributed by atoms with E-state index in [9.17, 15) is 14.4 Å². The predicted octanol–water partition coefficient (Wildman–Crippen LogP) is 3.92. The molecule has 6 nitrogen and oxygen atoms in total. The molecule has 0 saturated carbocycles. The number of rotatable bonds is 7. The maximum atomic E-state index is 12.8. The summed E-state index contributed by atoms with van der Waals surface area (Å²) >= 11 is 0. The van der Waals surface area contributed by atoms with Crippen LogP contribution in [0.2, 0.25) is 0 Å². The molecule has 1 amide bonds. The van der Waals surface area contributed by atoms with Crippen molar-refractivity contribution in [2.75, 3.05) is 14.2 Å². The molecule has 0 spiro atoms. The van der Waals surface area contributed by atoms with Gasteiger partial charge in [0.05, 0.1) is 14.2 Å². The first-order valence-electron chi connectivity index (χ1n) is 11.3. The van der Waals surface area contributed by atoms with E-state index in [-0.39, 0.29) is 29.0 Å². The number of piperidine rings is 1. The Morgan fingerprint density at radius 1 is 0.938 bits per heavy atom. The van der Waals surface area contributed by atoms with E-state index in [1.807, 2.05) is 29.2 Å². The molecule has 1 aromatic carbocycles. The smallest absolute Gasteiger partial charge is 0.228 e. The monoisotopic (exact) mass is 439 g/mol.